The molecule has 0 bridgehead atoms. The Morgan fingerprint density at radius 2 is 2.25 bits per heavy atom. The summed E-state index contributed by atoms with van der Waals surface area (Å²) in [5, 5.41) is 3.29. The molecule has 16 heavy (non-hydrogen) atoms. The first-order valence-corrected chi connectivity index (χ1v) is 5.83. The lowest BCUT2D eigenvalue weighted by Crippen LogP contribution is -2.13. The third kappa shape index (κ3) is 5.14. The van der Waals surface area contributed by atoms with E-state index in [0.717, 1.165) is 37.5 Å². The molecule has 1 rings (SSSR count). The summed E-state index contributed by atoms with van der Waals surface area (Å²) in [5.74, 6) is 1.85. The molecule has 1 aromatic heterocycles. The quantitative estimate of drug-likeness (QED) is 0.516. The van der Waals surface area contributed by atoms with Crippen LogP contribution in [0.15, 0.2) is 29.2 Å². The number of rotatable bonds is 9. The summed E-state index contributed by atoms with van der Waals surface area (Å²) in [6.07, 6.45) is 3.87. The summed E-state index contributed by atoms with van der Waals surface area (Å²) in [6.45, 7) is 8.84. The zero-order chi connectivity index (χ0) is 11.6. The minimum atomic E-state index is 0.543. The topological polar surface area (TPSA) is 34.4 Å². The van der Waals surface area contributed by atoms with Gasteiger partial charge in [-0.1, -0.05) is 13.0 Å². The van der Waals surface area contributed by atoms with Crippen molar-refractivity contribution >= 4 is 0 Å². The van der Waals surface area contributed by atoms with Crippen LogP contribution in [0.25, 0.3) is 0 Å². The normalized spacial score (nSPS) is 10.6. The highest BCUT2D eigenvalue weighted by atomic mass is 16.5. The molecule has 0 aliphatic rings. The van der Waals surface area contributed by atoms with Crippen LogP contribution in [0.5, 0.6) is 0 Å². The second-order valence-corrected chi connectivity index (χ2v) is 3.67. The highest BCUT2D eigenvalue weighted by molar-refractivity contribution is 5.06. The van der Waals surface area contributed by atoms with Gasteiger partial charge in [-0.05, 0) is 31.5 Å². The SMILES string of the molecule is C=CCCOCc1ccc(CNCCC)o1. The summed E-state index contributed by atoms with van der Waals surface area (Å²) in [6, 6.07) is 3.96. The van der Waals surface area contributed by atoms with Gasteiger partial charge in [-0.3, -0.25) is 0 Å². The van der Waals surface area contributed by atoms with Crippen LogP contribution in [0.4, 0.5) is 0 Å². The summed E-state index contributed by atoms with van der Waals surface area (Å²) < 4.78 is 11.0. The molecule has 1 N–H and O–H groups in total. The fourth-order valence-corrected chi connectivity index (χ4v) is 1.32. The van der Waals surface area contributed by atoms with Crippen molar-refractivity contribution in [3.05, 3.63) is 36.3 Å². The minimum Gasteiger partial charge on any atom is -0.462 e. The van der Waals surface area contributed by atoms with Crippen molar-refractivity contribution in [2.24, 2.45) is 0 Å². The van der Waals surface area contributed by atoms with Gasteiger partial charge in [0.05, 0.1) is 13.2 Å². The lowest BCUT2D eigenvalue weighted by molar-refractivity contribution is 0.109. The maximum absolute atomic E-state index is 5.60. The molecule has 0 aromatic carbocycles. The first kappa shape index (κ1) is 13.0. The maximum atomic E-state index is 5.60. The molecule has 0 spiro atoms. The third-order valence-corrected chi connectivity index (χ3v) is 2.15. The maximum Gasteiger partial charge on any atom is 0.129 e. The number of hydrogen-bond acceptors (Lipinski definition) is 3. The van der Waals surface area contributed by atoms with Gasteiger partial charge in [0.1, 0.15) is 18.1 Å². The van der Waals surface area contributed by atoms with Crippen molar-refractivity contribution in [2.45, 2.75) is 32.9 Å². The van der Waals surface area contributed by atoms with E-state index in [4.69, 9.17) is 9.15 Å². The summed E-state index contributed by atoms with van der Waals surface area (Å²) in [7, 11) is 0. The Morgan fingerprint density at radius 3 is 3.00 bits per heavy atom. The lowest BCUT2D eigenvalue weighted by Gasteiger charge is -2.00. The molecule has 0 radical (unpaired) electrons. The van der Waals surface area contributed by atoms with Crippen LogP contribution in [0.2, 0.25) is 0 Å². The summed E-state index contributed by atoms with van der Waals surface area (Å²) in [5.41, 5.74) is 0. The van der Waals surface area contributed by atoms with Crippen molar-refractivity contribution < 1.29 is 9.15 Å². The van der Waals surface area contributed by atoms with E-state index >= 15 is 0 Å². The molecule has 0 saturated carbocycles. The Kier molecular flexibility index (Phi) is 6.61. The second kappa shape index (κ2) is 8.13. The van der Waals surface area contributed by atoms with E-state index in [2.05, 4.69) is 18.8 Å². The Balaban J connectivity index is 2.20. The Morgan fingerprint density at radius 1 is 1.44 bits per heavy atom. The smallest absolute Gasteiger partial charge is 0.129 e. The second-order valence-electron chi connectivity index (χ2n) is 3.67. The molecule has 0 fully saturated rings. The van der Waals surface area contributed by atoms with Gasteiger partial charge < -0.3 is 14.5 Å². The van der Waals surface area contributed by atoms with Crippen LogP contribution in [0.3, 0.4) is 0 Å². The Labute approximate surface area is 97.5 Å². The zero-order valence-corrected chi connectivity index (χ0v) is 10.00. The third-order valence-electron chi connectivity index (χ3n) is 2.15. The average molecular weight is 223 g/mol. The van der Waals surface area contributed by atoms with Crippen LogP contribution in [-0.2, 0) is 17.9 Å². The van der Waals surface area contributed by atoms with Gasteiger partial charge in [-0.15, -0.1) is 6.58 Å². The van der Waals surface area contributed by atoms with Crippen LogP contribution in [0.1, 0.15) is 31.3 Å². The monoisotopic (exact) mass is 223 g/mol. The average Bonchev–Trinajstić information content (AvgIpc) is 2.73. The van der Waals surface area contributed by atoms with Crippen LogP contribution < -0.4 is 5.32 Å². The van der Waals surface area contributed by atoms with Gasteiger partial charge in [0.25, 0.3) is 0 Å². The molecule has 0 saturated heterocycles. The Bertz CT molecular complexity index is 294. The molecule has 3 heteroatoms. The molecule has 0 aliphatic heterocycles. The first-order chi connectivity index (χ1) is 7.86. The summed E-state index contributed by atoms with van der Waals surface area (Å²) in [4.78, 5) is 0. The highest BCUT2D eigenvalue weighted by Crippen LogP contribution is 2.09. The van der Waals surface area contributed by atoms with Gasteiger partial charge in [0, 0.05) is 0 Å². The summed E-state index contributed by atoms with van der Waals surface area (Å²) >= 11 is 0. The van der Waals surface area contributed by atoms with Gasteiger partial charge in [-0.25, -0.2) is 0 Å². The van der Waals surface area contributed by atoms with E-state index in [1.165, 1.54) is 0 Å². The van der Waals surface area contributed by atoms with Crippen molar-refractivity contribution in [2.75, 3.05) is 13.2 Å². The van der Waals surface area contributed by atoms with Crippen molar-refractivity contribution in [3.63, 3.8) is 0 Å². The fraction of sp³-hybridized carbons (Fsp3) is 0.538. The number of nitrogens with one attached hydrogen (secondary N) is 1. The lowest BCUT2D eigenvalue weighted by atomic mass is 10.4. The standard InChI is InChI=1S/C13H21NO2/c1-3-5-9-15-11-13-7-6-12(16-13)10-14-8-4-2/h3,6-7,14H,1,4-5,8-11H2,2H3. The molecule has 0 aliphatic carbocycles. The number of ether oxygens (including phenoxy) is 1. The van der Waals surface area contributed by atoms with Crippen LogP contribution >= 0.6 is 0 Å². The Hall–Kier alpha value is -1.06. The highest BCUT2D eigenvalue weighted by Gasteiger charge is 2.01. The predicted molar refractivity (Wildman–Crippen MR) is 65.2 cm³/mol. The fourth-order valence-electron chi connectivity index (χ4n) is 1.32. The molecular weight excluding hydrogens is 202 g/mol. The number of hydrogen-bond donors (Lipinski definition) is 1. The van der Waals surface area contributed by atoms with Crippen LogP contribution in [-0.4, -0.2) is 13.2 Å². The molecule has 0 amide bonds. The van der Waals surface area contributed by atoms with Gasteiger partial charge in [-0.2, -0.15) is 0 Å². The van der Waals surface area contributed by atoms with E-state index in [1.807, 2.05) is 18.2 Å². The van der Waals surface area contributed by atoms with Crippen molar-refractivity contribution in [1.29, 1.82) is 0 Å². The van der Waals surface area contributed by atoms with E-state index in [-0.39, 0.29) is 0 Å². The van der Waals surface area contributed by atoms with E-state index < -0.39 is 0 Å². The minimum absolute atomic E-state index is 0.543. The molecule has 3 nitrogen and oxygen atoms in total. The zero-order valence-electron chi connectivity index (χ0n) is 10.00. The van der Waals surface area contributed by atoms with E-state index in [1.54, 1.807) is 0 Å². The van der Waals surface area contributed by atoms with Crippen molar-refractivity contribution in [3.8, 4) is 0 Å². The molecule has 90 valence electrons. The molecule has 0 unspecified atom stereocenters. The molecule has 1 heterocycles. The van der Waals surface area contributed by atoms with Crippen molar-refractivity contribution in [1.82, 2.24) is 5.32 Å². The van der Waals surface area contributed by atoms with Gasteiger partial charge in [0.15, 0.2) is 0 Å². The first-order valence-electron chi connectivity index (χ1n) is 5.83. The largest absolute Gasteiger partial charge is 0.462 e. The van der Waals surface area contributed by atoms with Gasteiger partial charge >= 0.3 is 0 Å². The van der Waals surface area contributed by atoms with E-state index in [0.29, 0.717) is 13.2 Å². The van der Waals surface area contributed by atoms with E-state index in [9.17, 15) is 0 Å². The molecule has 1 aromatic rings. The molecular formula is C13H21NO2. The predicted octanol–water partition coefficient (Wildman–Crippen LogP) is 2.87. The van der Waals surface area contributed by atoms with Gasteiger partial charge in [0.2, 0.25) is 0 Å². The molecule has 0 atom stereocenters. The number of furan rings is 1. The van der Waals surface area contributed by atoms with Crippen LogP contribution in [0, 0.1) is 0 Å².